The summed E-state index contributed by atoms with van der Waals surface area (Å²) in [4.78, 5) is 28.6. The Balaban J connectivity index is 1.51. The van der Waals surface area contributed by atoms with Gasteiger partial charge < -0.3 is 4.74 Å². The van der Waals surface area contributed by atoms with Crippen LogP contribution in [0.25, 0.3) is 0 Å². The van der Waals surface area contributed by atoms with Crippen LogP contribution in [0.3, 0.4) is 0 Å². The Hall–Kier alpha value is -2.61. The molecule has 2 aromatic carbocycles. The normalized spacial score (nSPS) is 16.8. The van der Waals surface area contributed by atoms with Crippen LogP contribution in [0.15, 0.2) is 52.2 Å². The lowest BCUT2D eigenvalue weighted by molar-refractivity contribution is 0.167. The first-order chi connectivity index (χ1) is 15.3. The molecule has 1 N–H and O–H groups in total. The number of rotatable bonds is 5. The van der Waals surface area contributed by atoms with Gasteiger partial charge in [-0.3, -0.25) is 19.2 Å². The Labute approximate surface area is 194 Å². The Bertz CT molecular complexity index is 1240. The van der Waals surface area contributed by atoms with E-state index in [1.807, 2.05) is 12.1 Å². The molecule has 168 valence electrons. The second kappa shape index (κ2) is 9.48. The van der Waals surface area contributed by atoms with Crippen LogP contribution in [0.4, 0.5) is 4.39 Å². The van der Waals surface area contributed by atoms with Crippen molar-refractivity contribution in [2.24, 2.45) is 0 Å². The number of nitrogens with one attached hydrogen (secondary N) is 1. The second-order valence-corrected chi connectivity index (χ2v) is 8.76. The summed E-state index contributed by atoms with van der Waals surface area (Å²) in [5, 5.41) is 0.673. The van der Waals surface area contributed by atoms with Gasteiger partial charge in [0.15, 0.2) is 0 Å². The zero-order valence-electron chi connectivity index (χ0n) is 17.4. The van der Waals surface area contributed by atoms with Crippen molar-refractivity contribution in [2.75, 3.05) is 13.1 Å². The van der Waals surface area contributed by atoms with Crippen molar-refractivity contribution in [1.82, 2.24) is 14.5 Å². The summed E-state index contributed by atoms with van der Waals surface area (Å²) in [5.74, 6) is 0.179. The Morgan fingerprint density at radius 3 is 2.81 bits per heavy atom. The lowest BCUT2D eigenvalue weighted by Crippen LogP contribution is -2.41. The van der Waals surface area contributed by atoms with Crippen molar-refractivity contribution in [1.29, 1.82) is 0 Å². The first kappa shape index (κ1) is 22.6. The molecule has 4 rings (SSSR count). The molecule has 1 atom stereocenters. The van der Waals surface area contributed by atoms with E-state index in [0.717, 1.165) is 24.9 Å². The Morgan fingerprint density at radius 1 is 1.22 bits per heavy atom. The zero-order chi connectivity index (χ0) is 22.8. The quantitative estimate of drug-likeness (QED) is 0.566. The van der Waals surface area contributed by atoms with Gasteiger partial charge >= 0.3 is 5.69 Å². The maximum absolute atomic E-state index is 13.6. The molecular weight excluding hydrogens is 456 g/mol. The highest BCUT2D eigenvalue weighted by molar-refractivity contribution is 6.33. The molecule has 0 spiro atoms. The van der Waals surface area contributed by atoms with Gasteiger partial charge in [0.1, 0.15) is 17.3 Å². The summed E-state index contributed by atoms with van der Waals surface area (Å²) in [6.45, 7) is 3.75. The van der Waals surface area contributed by atoms with E-state index in [2.05, 4.69) is 9.88 Å². The van der Waals surface area contributed by atoms with Gasteiger partial charge in [-0.05, 0) is 50.1 Å². The van der Waals surface area contributed by atoms with Gasteiger partial charge in [0.25, 0.3) is 5.56 Å². The van der Waals surface area contributed by atoms with Crippen LogP contribution in [0.5, 0.6) is 11.5 Å². The molecule has 32 heavy (non-hydrogen) atoms. The summed E-state index contributed by atoms with van der Waals surface area (Å²) in [7, 11) is 0. The monoisotopic (exact) mass is 477 g/mol. The molecule has 0 unspecified atom stereocenters. The van der Waals surface area contributed by atoms with E-state index >= 15 is 0 Å². The molecular formula is C23H22Cl2FN3O3. The van der Waals surface area contributed by atoms with Crippen molar-refractivity contribution in [3.63, 3.8) is 0 Å². The Morgan fingerprint density at radius 2 is 2.03 bits per heavy atom. The third-order valence-electron chi connectivity index (χ3n) is 5.52. The third kappa shape index (κ3) is 5.06. The van der Waals surface area contributed by atoms with E-state index in [9.17, 15) is 14.0 Å². The van der Waals surface area contributed by atoms with E-state index in [1.54, 1.807) is 23.8 Å². The van der Waals surface area contributed by atoms with E-state index in [-0.39, 0.29) is 22.4 Å². The van der Waals surface area contributed by atoms with E-state index < -0.39 is 11.5 Å². The molecule has 1 aromatic heterocycles. The maximum Gasteiger partial charge on any atom is 0.328 e. The molecule has 0 saturated carbocycles. The minimum atomic E-state index is -0.494. The van der Waals surface area contributed by atoms with Gasteiger partial charge in [0.05, 0.1) is 11.1 Å². The molecule has 0 aliphatic carbocycles. The minimum Gasteiger partial charge on any atom is -0.456 e. The molecule has 0 amide bonds. The molecule has 0 bridgehead atoms. The number of nitrogens with zero attached hydrogens (tertiary/aromatic N) is 2. The van der Waals surface area contributed by atoms with Gasteiger partial charge in [0.2, 0.25) is 0 Å². The number of hydrogen-bond acceptors (Lipinski definition) is 4. The van der Waals surface area contributed by atoms with Gasteiger partial charge in [0, 0.05) is 35.9 Å². The number of likely N-dealkylation sites (tertiary alicyclic amines) is 1. The van der Waals surface area contributed by atoms with E-state index in [4.69, 9.17) is 27.9 Å². The maximum atomic E-state index is 13.6. The molecule has 1 fully saturated rings. The number of H-pyrrole nitrogens is 1. The second-order valence-electron chi connectivity index (χ2n) is 7.95. The van der Waals surface area contributed by atoms with Crippen LogP contribution < -0.4 is 16.0 Å². The highest BCUT2D eigenvalue weighted by atomic mass is 35.5. The summed E-state index contributed by atoms with van der Waals surface area (Å²) >= 11 is 12.5. The molecule has 9 heteroatoms. The smallest absolute Gasteiger partial charge is 0.328 e. The number of benzene rings is 2. The first-order valence-corrected chi connectivity index (χ1v) is 11.0. The topological polar surface area (TPSA) is 67.3 Å². The average molecular weight is 478 g/mol. The molecule has 3 aromatic rings. The fourth-order valence-electron chi connectivity index (χ4n) is 3.97. The zero-order valence-corrected chi connectivity index (χ0v) is 18.9. The number of aryl methyl sites for hydroxylation is 1. The average Bonchev–Trinajstić information content (AvgIpc) is 2.73. The van der Waals surface area contributed by atoms with Crippen LogP contribution in [0.1, 0.15) is 30.0 Å². The number of aromatic nitrogens is 2. The molecule has 1 aliphatic rings. The van der Waals surface area contributed by atoms with Gasteiger partial charge in [-0.25, -0.2) is 9.18 Å². The van der Waals surface area contributed by atoms with Gasteiger partial charge in [-0.1, -0.05) is 35.3 Å². The summed E-state index contributed by atoms with van der Waals surface area (Å²) in [5.41, 5.74) is 0.612. The van der Waals surface area contributed by atoms with Crippen molar-refractivity contribution >= 4 is 23.2 Å². The van der Waals surface area contributed by atoms with Crippen LogP contribution in [0.2, 0.25) is 10.0 Å². The summed E-state index contributed by atoms with van der Waals surface area (Å²) in [6, 6.07) is 9.38. The van der Waals surface area contributed by atoms with Crippen molar-refractivity contribution in [3.8, 4) is 11.5 Å². The lowest BCUT2D eigenvalue weighted by atomic mass is 10.0. The van der Waals surface area contributed by atoms with Crippen LogP contribution >= 0.6 is 23.2 Å². The predicted molar refractivity (Wildman–Crippen MR) is 123 cm³/mol. The largest absolute Gasteiger partial charge is 0.456 e. The number of hydrogen-bond donors (Lipinski definition) is 1. The number of ether oxygens (including phenoxy) is 1. The number of aromatic amines is 1. The lowest BCUT2D eigenvalue weighted by Gasteiger charge is -2.33. The Kier molecular flexibility index (Phi) is 6.69. The standard InChI is InChI=1S/C23H22Cl2FN3O3/c1-14-11-29(23(31)27-22(14)30)18-5-3-7-28(13-18)12-15-4-2-6-20(21(15)25)32-19-9-16(24)8-17(26)10-19/h2,4,6,8-11,18H,3,5,7,12-13H2,1H3,(H,27,30,31)/t18-/m0/s1. The molecule has 1 saturated heterocycles. The molecule has 2 heterocycles. The predicted octanol–water partition coefficient (Wildman–Crippen LogP) is 4.92. The SMILES string of the molecule is Cc1cn([C@H]2CCCN(Cc3cccc(Oc4cc(F)cc(Cl)c4)c3Cl)C2)c(=O)[nH]c1=O. The molecule has 6 nitrogen and oxygen atoms in total. The van der Waals surface area contributed by atoms with E-state index in [0.29, 0.717) is 29.4 Å². The first-order valence-electron chi connectivity index (χ1n) is 10.3. The van der Waals surface area contributed by atoms with Crippen LogP contribution in [-0.4, -0.2) is 27.5 Å². The minimum absolute atomic E-state index is 0.0422. The third-order valence-corrected chi connectivity index (χ3v) is 6.17. The van der Waals surface area contributed by atoms with E-state index in [1.165, 1.54) is 18.2 Å². The van der Waals surface area contributed by atoms with Crippen molar-refractivity contribution < 1.29 is 9.13 Å². The van der Waals surface area contributed by atoms with Gasteiger partial charge in [-0.2, -0.15) is 0 Å². The number of piperidine rings is 1. The van der Waals surface area contributed by atoms with Gasteiger partial charge in [-0.15, -0.1) is 0 Å². The van der Waals surface area contributed by atoms with Crippen LogP contribution in [0, 0.1) is 12.7 Å². The van der Waals surface area contributed by atoms with Crippen molar-refractivity contribution in [3.05, 3.63) is 90.4 Å². The molecule has 1 aliphatic heterocycles. The highest BCUT2D eigenvalue weighted by Crippen LogP contribution is 2.34. The number of halogens is 3. The fourth-order valence-corrected chi connectivity index (χ4v) is 4.41. The summed E-state index contributed by atoms with van der Waals surface area (Å²) < 4.78 is 21.0. The van der Waals surface area contributed by atoms with Crippen LogP contribution in [-0.2, 0) is 6.54 Å². The molecule has 0 radical (unpaired) electrons. The highest BCUT2D eigenvalue weighted by Gasteiger charge is 2.23. The summed E-state index contributed by atoms with van der Waals surface area (Å²) in [6.07, 6.45) is 3.38. The van der Waals surface area contributed by atoms with Crippen molar-refractivity contribution in [2.45, 2.75) is 32.4 Å². The fraction of sp³-hybridized carbons (Fsp3) is 0.304.